The lowest BCUT2D eigenvalue weighted by molar-refractivity contribution is -0.153. The predicted molar refractivity (Wildman–Crippen MR) is 66.9 cm³/mol. The number of anilines is 1. The van der Waals surface area contributed by atoms with Crippen molar-refractivity contribution in [2.24, 2.45) is 0 Å². The van der Waals surface area contributed by atoms with Crippen molar-refractivity contribution in [3.8, 4) is 0 Å². The van der Waals surface area contributed by atoms with Gasteiger partial charge in [-0.25, -0.2) is 9.69 Å². The fourth-order valence-electron chi connectivity index (χ4n) is 2.15. The highest BCUT2D eigenvalue weighted by atomic mass is 16.5. The summed E-state index contributed by atoms with van der Waals surface area (Å²) < 4.78 is 9.00. The van der Waals surface area contributed by atoms with Crippen LogP contribution in [0.4, 0.5) is 10.5 Å². The maximum absolute atomic E-state index is 12.3. The number of rotatable bonds is 2. The van der Waals surface area contributed by atoms with E-state index in [1.807, 2.05) is 0 Å². The lowest BCUT2D eigenvalue weighted by Gasteiger charge is -2.20. The first-order valence-electron chi connectivity index (χ1n) is 5.77. The molecule has 0 radical (unpaired) electrons. The molecule has 0 bridgehead atoms. The number of nitrogens with zero attached hydrogens (tertiary/aromatic N) is 1. The van der Waals surface area contributed by atoms with E-state index in [4.69, 9.17) is 0 Å². The van der Waals surface area contributed by atoms with E-state index in [0.29, 0.717) is 4.90 Å². The second kappa shape index (κ2) is 4.93. The van der Waals surface area contributed by atoms with Gasteiger partial charge in [0.25, 0.3) is 5.91 Å². The minimum Gasteiger partial charge on any atom is -0.469 e. The number of imide groups is 1. The number of ether oxygens (including phenoxy) is 2. The van der Waals surface area contributed by atoms with Crippen LogP contribution in [0, 0.1) is 0 Å². The summed E-state index contributed by atoms with van der Waals surface area (Å²) in [6, 6.07) is 6.15. The molecule has 1 heterocycles. The van der Waals surface area contributed by atoms with Gasteiger partial charge in [0.05, 0.1) is 26.3 Å². The zero-order chi connectivity index (χ0) is 14.9. The molecule has 0 spiro atoms. The van der Waals surface area contributed by atoms with Gasteiger partial charge in [-0.3, -0.25) is 9.59 Å². The molecule has 7 heteroatoms. The summed E-state index contributed by atoms with van der Waals surface area (Å²) in [5.74, 6) is -1.70. The number of esters is 1. The molecule has 0 saturated carbocycles. The van der Waals surface area contributed by atoms with Crippen molar-refractivity contribution in [2.75, 3.05) is 19.1 Å². The Morgan fingerprint density at radius 1 is 1.25 bits per heavy atom. The lowest BCUT2D eigenvalue weighted by atomic mass is 9.92. The van der Waals surface area contributed by atoms with E-state index in [1.165, 1.54) is 12.1 Å². The van der Waals surface area contributed by atoms with Gasteiger partial charge < -0.3 is 14.6 Å². The molecule has 1 aliphatic heterocycles. The molecule has 1 aromatic rings. The van der Waals surface area contributed by atoms with E-state index >= 15 is 0 Å². The summed E-state index contributed by atoms with van der Waals surface area (Å²) in [7, 11) is 2.27. The maximum Gasteiger partial charge on any atom is 0.421 e. The Balaban J connectivity index is 2.53. The first-order chi connectivity index (χ1) is 9.45. The minimum atomic E-state index is -2.13. The number of hydrogen-bond donors (Lipinski definition) is 1. The molecule has 2 rings (SSSR count). The molecule has 0 fully saturated rings. The summed E-state index contributed by atoms with van der Waals surface area (Å²) in [5.41, 5.74) is -1.77. The van der Waals surface area contributed by atoms with E-state index < -0.39 is 30.0 Å². The van der Waals surface area contributed by atoms with Crippen LogP contribution in [-0.4, -0.2) is 37.3 Å². The Kier molecular flexibility index (Phi) is 3.46. The van der Waals surface area contributed by atoms with Gasteiger partial charge in [-0.1, -0.05) is 18.2 Å². The van der Waals surface area contributed by atoms with Crippen LogP contribution in [0.2, 0.25) is 0 Å². The van der Waals surface area contributed by atoms with E-state index in [0.717, 1.165) is 14.2 Å². The summed E-state index contributed by atoms with van der Waals surface area (Å²) in [4.78, 5) is 36.1. The van der Waals surface area contributed by atoms with Crippen LogP contribution in [-0.2, 0) is 24.7 Å². The molecule has 0 saturated heterocycles. The molecule has 106 valence electrons. The average Bonchev–Trinajstić information content (AvgIpc) is 2.67. The number of fused-ring (bicyclic) bond motifs is 1. The molecular formula is C13H13NO6. The van der Waals surface area contributed by atoms with Crippen LogP contribution in [0.15, 0.2) is 24.3 Å². The van der Waals surface area contributed by atoms with Gasteiger partial charge in [-0.2, -0.15) is 0 Å². The molecule has 20 heavy (non-hydrogen) atoms. The first-order valence-corrected chi connectivity index (χ1v) is 5.77. The van der Waals surface area contributed by atoms with Crippen LogP contribution in [0.1, 0.15) is 12.0 Å². The van der Waals surface area contributed by atoms with Gasteiger partial charge >= 0.3 is 12.1 Å². The number of aliphatic hydroxyl groups is 1. The van der Waals surface area contributed by atoms with E-state index in [1.54, 1.807) is 12.1 Å². The van der Waals surface area contributed by atoms with Crippen molar-refractivity contribution < 1.29 is 29.0 Å². The number of benzene rings is 1. The molecule has 1 unspecified atom stereocenters. The Labute approximate surface area is 114 Å². The quantitative estimate of drug-likeness (QED) is 0.795. The maximum atomic E-state index is 12.3. The Hall–Kier alpha value is -2.41. The molecule has 1 aromatic carbocycles. The lowest BCUT2D eigenvalue weighted by Crippen LogP contribution is -2.44. The summed E-state index contributed by atoms with van der Waals surface area (Å²) in [6.07, 6.45) is -1.50. The van der Waals surface area contributed by atoms with Crippen LogP contribution < -0.4 is 4.90 Å². The third-order valence-electron chi connectivity index (χ3n) is 3.13. The summed E-state index contributed by atoms with van der Waals surface area (Å²) >= 11 is 0. The molecule has 1 N–H and O–H groups in total. The molecule has 1 atom stereocenters. The van der Waals surface area contributed by atoms with Crippen molar-refractivity contribution in [3.63, 3.8) is 0 Å². The standard InChI is InChI=1S/C13H13NO6/c1-19-10(15)7-13(18)8-5-3-4-6-9(8)14(11(13)16)12(17)20-2/h3-6,18H,7H2,1-2H3. The minimum absolute atomic E-state index is 0.167. The van der Waals surface area contributed by atoms with Gasteiger partial charge in [0.2, 0.25) is 0 Å². The van der Waals surface area contributed by atoms with E-state index in [9.17, 15) is 19.5 Å². The highest BCUT2D eigenvalue weighted by Crippen LogP contribution is 2.42. The summed E-state index contributed by atoms with van der Waals surface area (Å²) in [6.45, 7) is 0. The second-order valence-electron chi connectivity index (χ2n) is 4.24. The van der Waals surface area contributed by atoms with Crippen molar-refractivity contribution in [1.29, 1.82) is 0 Å². The molecule has 2 amide bonds. The van der Waals surface area contributed by atoms with Gasteiger partial charge in [-0.15, -0.1) is 0 Å². The zero-order valence-electron chi connectivity index (χ0n) is 11.0. The van der Waals surface area contributed by atoms with Crippen molar-refractivity contribution in [1.82, 2.24) is 0 Å². The molecule has 7 nitrogen and oxygen atoms in total. The Bertz CT molecular complexity index is 584. The third-order valence-corrected chi connectivity index (χ3v) is 3.13. The fraction of sp³-hybridized carbons (Fsp3) is 0.308. The number of para-hydroxylation sites is 1. The first kappa shape index (κ1) is 14.0. The Morgan fingerprint density at radius 2 is 1.90 bits per heavy atom. The normalized spacial score (nSPS) is 20.6. The highest BCUT2D eigenvalue weighted by molar-refractivity contribution is 6.21. The number of carbonyl (C=O) groups is 3. The van der Waals surface area contributed by atoms with Crippen molar-refractivity contribution in [3.05, 3.63) is 29.8 Å². The van der Waals surface area contributed by atoms with Crippen molar-refractivity contribution in [2.45, 2.75) is 12.0 Å². The second-order valence-corrected chi connectivity index (χ2v) is 4.24. The molecule has 1 aliphatic rings. The largest absolute Gasteiger partial charge is 0.469 e. The van der Waals surface area contributed by atoms with Crippen LogP contribution in [0.3, 0.4) is 0 Å². The third kappa shape index (κ3) is 1.92. The van der Waals surface area contributed by atoms with E-state index in [2.05, 4.69) is 9.47 Å². The SMILES string of the molecule is COC(=O)CC1(O)C(=O)N(C(=O)OC)c2ccccc21. The van der Waals surface area contributed by atoms with Gasteiger partial charge in [0.15, 0.2) is 5.60 Å². The molecule has 0 aliphatic carbocycles. The molecule has 0 aromatic heterocycles. The van der Waals surface area contributed by atoms with Gasteiger partial charge in [0.1, 0.15) is 0 Å². The smallest absolute Gasteiger partial charge is 0.421 e. The van der Waals surface area contributed by atoms with Crippen LogP contribution in [0.5, 0.6) is 0 Å². The van der Waals surface area contributed by atoms with Gasteiger partial charge in [0, 0.05) is 5.56 Å². The fourth-order valence-corrected chi connectivity index (χ4v) is 2.15. The van der Waals surface area contributed by atoms with Crippen molar-refractivity contribution >= 4 is 23.7 Å². The predicted octanol–water partition coefficient (Wildman–Crippen LogP) is 0.550. The topological polar surface area (TPSA) is 93.1 Å². The zero-order valence-corrected chi connectivity index (χ0v) is 11.0. The number of methoxy groups -OCH3 is 2. The van der Waals surface area contributed by atoms with Crippen LogP contribution >= 0.6 is 0 Å². The molecular weight excluding hydrogens is 266 g/mol. The number of amides is 2. The number of carbonyl (C=O) groups excluding carboxylic acids is 3. The number of hydrogen-bond acceptors (Lipinski definition) is 6. The Morgan fingerprint density at radius 3 is 2.50 bits per heavy atom. The van der Waals surface area contributed by atoms with Gasteiger partial charge in [-0.05, 0) is 6.07 Å². The monoisotopic (exact) mass is 279 g/mol. The average molecular weight is 279 g/mol. The van der Waals surface area contributed by atoms with E-state index in [-0.39, 0.29) is 11.3 Å². The van der Waals surface area contributed by atoms with Crippen LogP contribution in [0.25, 0.3) is 0 Å². The summed E-state index contributed by atoms with van der Waals surface area (Å²) in [5, 5.41) is 10.5. The highest BCUT2D eigenvalue weighted by Gasteiger charge is 2.53.